The maximum atomic E-state index is 12.3. The molecule has 0 spiro atoms. The zero-order chi connectivity index (χ0) is 25.6. The summed E-state index contributed by atoms with van der Waals surface area (Å²) in [5.74, 6) is 0.371. The van der Waals surface area contributed by atoms with Gasteiger partial charge in [0.1, 0.15) is 12.6 Å². The van der Waals surface area contributed by atoms with Crippen molar-refractivity contribution in [2.75, 3.05) is 27.4 Å². The number of carbonyl (C=O) groups is 2. The van der Waals surface area contributed by atoms with Gasteiger partial charge in [-0.1, -0.05) is 50.2 Å². The second-order valence-electron chi connectivity index (χ2n) is 8.72. The maximum Gasteiger partial charge on any atom is 0.408 e. The molecule has 0 saturated carbocycles. The fraction of sp³-hybridized carbons (Fsp3) is 0.481. The smallest absolute Gasteiger partial charge is 0.408 e. The van der Waals surface area contributed by atoms with Gasteiger partial charge >= 0.3 is 12.1 Å². The van der Waals surface area contributed by atoms with Crippen LogP contribution in [0.3, 0.4) is 0 Å². The Hall–Kier alpha value is -3.26. The van der Waals surface area contributed by atoms with Gasteiger partial charge in [0, 0.05) is 20.1 Å². The van der Waals surface area contributed by atoms with Gasteiger partial charge < -0.3 is 29.4 Å². The number of aliphatic carboxylic acids is 1. The van der Waals surface area contributed by atoms with Crippen LogP contribution >= 0.6 is 0 Å². The fourth-order valence-corrected chi connectivity index (χ4v) is 3.67. The topological polar surface area (TPSA) is 103 Å². The summed E-state index contributed by atoms with van der Waals surface area (Å²) < 4.78 is 21.6. The van der Waals surface area contributed by atoms with E-state index in [0.717, 1.165) is 17.5 Å². The number of rotatable bonds is 15. The predicted octanol–water partition coefficient (Wildman–Crippen LogP) is 4.69. The van der Waals surface area contributed by atoms with Gasteiger partial charge in [-0.05, 0) is 47.9 Å². The lowest BCUT2D eigenvalue weighted by atomic mass is 9.84. The molecule has 0 aliphatic heterocycles. The van der Waals surface area contributed by atoms with E-state index >= 15 is 0 Å². The van der Waals surface area contributed by atoms with Crippen LogP contribution < -0.4 is 14.8 Å². The second kappa shape index (κ2) is 14.9. The van der Waals surface area contributed by atoms with Crippen molar-refractivity contribution in [1.29, 1.82) is 0 Å². The summed E-state index contributed by atoms with van der Waals surface area (Å²) in [4.78, 5) is 24.2. The minimum atomic E-state index is -1.09. The number of amides is 1. The van der Waals surface area contributed by atoms with Crippen molar-refractivity contribution in [2.24, 2.45) is 11.8 Å². The van der Waals surface area contributed by atoms with Crippen molar-refractivity contribution >= 4 is 12.1 Å². The minimum absolute atomic E-state index is 0.000240. The molecule has 0 fully saturated rings. The first-order valence-corrected chi connectivity index (χ1v) is 11.8. The molecular weight excluding hydrogens is 450 g/mol. The molecule has 1 amide bonds. The van der Waals surface area contributed by atoms with E-state index in [-0.39, 0.29) is 24.9 Å². The van der Waals surface area contributed by atoms with Crippen LogP contribution in [0, 0.1) is 11.8 Å². The van der Waals surface area contributed by atoms with E-state index in [9.17, 15) is 14.7 Å². The predicted molar refractivity (Wildman–Crippen MR) is 133 cm³/mol. The zero-order valence-corrected chi connectivity index (χ0v) is 21.0. The first kappa shape index (κ1) is 28.0. The molecule has 2 aromatic rings. The van der Waals surface area contributed by atoms with Crippen molar-refractivity contribution in [3.8, 4) is 11.5 Å². The number of carboxylic acid groups (broad SMARTS) is 1. The van der Waals surface area contributed by atoms with Crippen molar-refractivity contribution in [1.82, 2.24) is 5.32 Å². The molecule has 35 heavy (non-hydrogen) atoms. The number of nitrogens with one attached hydrogen (secondary N) is 1. The number of methoxy groups -OCH3 is 2. The van der Waals surface area contributed by atoms with Gasteiger partial charge in [0.15, 0.2) is 11.5 Å². The largest absolute Gasteiger partial charge is 0.493 e. The molecule has 0 saturated heterocycles. The van der Waals surface area contributed by atoms with Crippen molar-refractivity contribution in [2.45, 2.75) is 45.8 Å². The number of alkyl carbamates (subject to hydrolysis) is 1. The van der Waals surface area contributed by atoms with E-state index in [0.29, 0.717) is 31.1 Å². The number of carboxylic acids is 1. The Morgan fingerprint density at radius 3 is 2.34 bits per heavy atom. The van der Waals surface area contributed by atoms with Crippen molar-refractivity contribution in [3.05, 3.63) is 59.7 Å². The Kier molecular flexibility index (Phi) is 11.9. The summed E-state index contributed by atoms with van der Waals surface area (Å²) in [6.07, 6.45) is 0.898. The molecule has 192 valence electrons. The highest BCUT2D eigenvalue weighted by molar-refractivity contribution is 5.79. The van der Waals surface area contributed by atoms with Gasteiger partial charge in [0.25, 0.3) is 0 Å². The van der Waals surface area contributed by atoms with Crippen LogP contribution in [0.5, 0.6) is 11.5 Å². The van der Waals surface area contributed by atoms with E-state index in [1.165, 1.54) is 0 Å². The molecule has 2 rings (SSSR count). The van der Waals surface area contributed by atoms with Gasteiger partial charge in [-0.15, -0.1) is 0 Å². The normalized spacial score (nSPS) is 12.6. The van der Waals surface area contributed by atoms with Crippen LogP contribution in [-0.2, 0) is 27.3 Å². The van der Waals surface area contributed by atoms with Crippen LogP contribution in [-0.4, -0.2) is 50.6 Å². The Morgan fingerprint density at radius 2 is 1.71 bits per heavy atom. The fourth-order valence-electron chi connectivity index (χ4n) is 3.67. The molecule has 0 heterocycles. The van der Waals surface area contributed by atoms with E-state index in [2.05, 4.69) is 5.32 Å². The summed E-state index contributed by atoms with van der Waals surface area (Å²) in [6.45, 7) is 5.27. The number of hydrogen-bond acceptors (Lipinski definition) is 6. The lowest BCUT2D eigenvalue weighted by molar-refractivity contribution is -0.140. The number of benzene rings is 2. The lowest BCUT2D eigenvalue weighted by Gasteiger charge is -2.25. The van der Waals surface area contributed by atoms with Gasteiger partial charge in [0.05, 0.1) is 13.7 Å². The van der Waals surface area contributed by atoms with Gasteiger partial charge in [-0.2, -0.15) is 0 Å². The summed E-state index contributed by atoms with van der Waals surface area (Å²) in [7, 11) is 3.24. The summed E-state index contributed by atoms with van der Waals surface area (Å²) in [5.41, 5.74) is 1.83. The van der Waals surface area contributed by atoms with E-state index in [4.69, 9.17) is 18.9 Å². The molecule has 8 nitrogen and oxygen atoms in total. The molecular formula is C27H37NO7. The Labute approximate surface area is 207 Å². The van der Waals surface area contributed by atoms with Crippen molar-refractivity contribution < 1.29 is 33.6 Å². The quantitative estimate of drug-likeness (QED) is 0.351. The lowest BCUT2D eigenvalue weighted by Crippen LogP contribution is -2.43. The molecule has 0 bridgehead atoms. The summed E-state index contributed by atoms with van der Waals surface area (Å²) in [6, 6.07) is 13.9. The standard InChI is InChI=1S/C27H37NO7/c1-19(2)22(15-21-11-12-24(33-4)25(16-21)34-14-8-13-32-3)17-23(26(29)30)28-27(31)35-18-20-9-6-5-7-10-20/h5-7,9-12,16,19,22-23H,8,13-15,17-18H2,1-4H3,(H,28,31)(H,29,30). The molecule has 0 aromatic heterocycles. The minimum Gasteiger partial charge on any atom is -0.493 e. The monoisotopic (exact) mass is 487 g/mol. The number of ether oxygens (including phenoxy) is 4. The molecule has 2 N–H and O–H groups in total. The first-order chi connectivity index (χ1) is 16.8. The third-order valence-electron chi connectivity index (χ3n) is 5.76. The average molecular weight is 488 g/mol. The average Bonchev–Trinajstić information content (AvgIpc) is 2.85. The van der Waals surface area contributed by atoms with Crippen molar-refractivity contribution in [3.63, 3.8) is 0 Å². The molecule has 2 unspecified atom stereocenters. The summed E-state index contributed by atoms with van der Waals surface area (Å²) in [5, 5.41) is 12.3. The zero-order valence-electron chi connectivity index (χ0n) is 21.0. The van der Waals surface area contributed by atoms with Crippen LogP contribution in [0.15, 0.2) is 48.5 Å². The Balaban J connectivity index is 2.02. The highest BCUT2D eigenvalue weighted by Gasteiger charge is 2.27. The second-order valence-corrected chi connectivity index (χ2v) is 8.72. The molecule has 8 heteroatoms. The number of carbonyl (C=O) groups excluding carboxylic acids is 1. The third-order valence-corrected chi connectivity index (χ3v) is 5.76. The van der Waals surface area contributed by atoms with Crippen LogP contribution in [0.4, 0.5) is 4.79 Å². The van der Waals surface area contributed by atoms with Crippen LogP contribution in [0.25, 0.3) is 0 Å². The van der Waals surface area contributed by atoms with E-state index in [1.54, 1.807) is 14.2 Å². The highest BCUT2D eigenvalue weighted by Crippen LogP contribution is 2.31. The SMILES string of the molecule is COCCCOc1cc(CC(CC(NC(=O)OCc2ccccc2)C(=O)O)C(C)C)ccc1OC. The molecule has 2 atom stereocenters. The van der Waals surface area contributed by atoms with Crippen LogP contribution in [0.1, 0.15) is 37.8 Å². The maximum absolute atomic E-state index is 12.3. The summed E-state index contributed by atoms with van der Waals surface area (Å²) >= 11 is 0. The van der Waals surface area contributed by atoms with Gasteiger partial charge in [0.2, 0.25) is 0 Å². The molecule has 0 radical (unpaired) electrons. The highest BCUT2D eigenvalue weighted by atomic mass is 16.5. The molecule has 0 aliphatic carbocycles. The number of hydrogen-bond donors (Lipinski definition) is 2. The third kappa shape index (κ3) is 9.86. The molecule has 0 aliphatic rings. The van der Waals surface area contributed by atoms with Gasteiger partial charge in [-0.25, -0.2) is 9.59 Å². The molecule has 2 aromatic carbocycles. The Morgan fingerprint density at radius 1 is 0.971 bits per heavy atom. The Bertz CT molecular complexity index is 917. The first-order valence-electron chi connectivity index (χ1n) is 11.8. The van der Waals surface area contributed by atoms with E-state index in [1.807, 2.05) is 62.4 Å². The van der Waals surface area contributed by atoms with E-state index < -0.39 is 18.1 Å². The van der Waals surface area contributed by atoms with Crippen LogP contribution in [0.2, 0.25) is 0 Å². The van der Waals surface area contributed by atoms with Gasteiger partial charge in [-0.3, -0.25) is 0 Å².